The molecule has 1 aromatic heterocycles. The standard InChI is InChI=1S/C11H15NO4/c1-4-5-12-8(2)9(11(14)15-3)6-10(12)16-7-13/h6-7H,4-5H2,1-3H3. The molecule has 16 heavy (non-hydrogen) atoms. The van der Waals surface area contributed by atoms with Gasteiger partial charge in [-0.1, -0.05) is 6.92 Å². The van der Waals surface area contributed by atoms with E-state index in [0.29, 0.717) is 24.5 Å². The van der Waals surface area contributed by atoms with E-state index in [-0.39, 0.29) is 0 Å². The highest BCUT2D eigenvalue weighted by atomic mass is 16.5. The van der Waals surface area contributed by atoms with Crippen LogP contribution in [-0.2, 0) is 16.1 Å². The van der Waals surface area contributed by atoms with Crippen LogP contribution in [0.2, 0.25) is 0 Å². The number of rotatable bonds is 5. The minimum Gasteiger partial charge on any atom is -0.465 e. The summed E-state index contributed by atoms with van der Waals surface area (Å²) in [5.74, 6) is -0.0575. The molecule has 0 saturated carbocycles. The average Bonchev–Trinajstić information content (AvgIpc) is 2.58. The van der Waals surface area contributed by atoms with Crippen molar-refractivity contribution in [3.8, 4) is 5.88 Å². The number of ether oxygens (including phenoxy) is 2. The lowest BCUT2D eigenvalue weighted by atomic mass is 10.2. The first kappa shape index (κ1) is 12.3. The fourth-order valence-electron chi connectivity index (χ4n) is 1.58. The SMILES string of the molecule is CCCn1c(OC=O)cc(C(=O)OC)c1C. The zero-order valence-corrected chi connectivity index (χ0v) is 9.65. The molecule has 0 aliphatic rings. The molecule has 88 valence electrons. The van der Waals surface area contributed by atoms with E-state index in [9.17, 15) is 9.59 Å². The molecule has 0 amide bonds. The predicted molar refractivity (Wildman–Crippen MR) is 57.5 cm³/mol. The van der Waals surface area contributed by atoms with Crippen molar-refractivity contribution in [2.45, 2.75) is 26.8 Å². The van der Waals surface area contributed by atoms with Gasteiger partial charge in [-0.3, -0.25) is 4.79 Å². The summed E-state index contributed by atoms with van der Waals surface area (Å²) in [5.41, 5.74) is 1.17. The molecule has 0 unspecified atom stereocenters. The van der Waals surface area contributed by atoms with E-state index in [4.69, 9.17) is 4.74 Å². The van der Waals surface area contributed by atoms with E-state index in [1.165, 1.54) is 13.2 Å². The number of hydrogen-bond donors (Lipinski definition) is 0. The third-order valence-corrected chi connectivity index (χ3v) is 2.35. The van der Waals surface area contributed by atoms with Crippen molar-refractivity contribution in [2.24, 2.45) is 0 Å². The Kier molecular flexibility index (Phi) is 4.10. The molecule has 1 rings (SSSR count). The molecular formula is C11H15NO4. The Morgan fingerprint density at radius 1 is 1.56 bits per heavy atom. The summed E-state index contributed by atoms with van der Waals surface area (Å²) in [7, 11) is 1.32. The van der Waals surface area contributed by atoms with E-state index < -0.39 is 5.97 Å². The van der Waals surface area contributed by atoms with E-state index in [2.05, 4.69) is 4.74 Å². The molecule has 1 heterocycles. The summed E-state index contributed by atoms with van der Waals surface area (Å²) in [6.07, 6.45) is 0.880. The van der Waals surface area contributed by atoms with Crippen LogP contribution in [0.5, 0.6) is 5.88 Å². The Bertz CT molecular complexity index is 395. The molecular weight excluding hydrogens is 210 g/mol. The summed E-state index contributed by atoms with van der Waals surface area (Å²) in [5, 5.41) is 0. The highest BCUT2D eigenvalue weighted by molar-refractivity contribution is 5.91. The second-order valence-electron chi connectivity index (χ2n) is 3.34. The molecule has 0 spiro atoms. The van der Waals surface area contributed by atoms with Gasteiger partial charge in [0, 0.05) is 18.3 Å². The van der Waals surface area contributed by atoms with Crippen LogP contribution in [0, 0.1) is 6.92 Å². The molecule has 0 radical (unpaired) electrons. The Morgan fingerprint density at radius 3 is 2.75 bits per heavy atom. The second-order valence-corrected chi connectivity index (χ2v) is 3.34. The van der Waals surface area contributed by atoms with E-state index >= 15 is 0 Å². The van der Waals surface area contributed by atoms with Crippen molar-refractivity contribution in [2.75, 3.05) is 7.11 Å². The van der Waals surface area contributed by atoms with Crippen molar-refractivity contribution >= 4 is 12.4 Å². The van der Waals surface area contributed by atoms with Crippen LogP contribution in [0.3, 0.4) is 0 Å². The summed E-state index contributed by atoms with van der Waals surface area (Å²) >= 11 is 0. The molecule has 0 N–H and O–H groups in total. The molecule has 5 heteroatoms. The molecule has 5 nitrogen and oxygen atoms in total. The fraction of sp³-hybridized carbons (Fsp3) is 0.455. The van der Waals surface area contributed by atoms with E-state index in [1.807, 2.05) is 6.92 Å². The zero-order valence-electron chi connectivity index (χ0n) is 9.65. The second kappa shape index (κ2) is 5.34. The largest absolute Gasteiger partial charge is 0.465 e. The highest BCUT2D eigenvalue weighted by Gasteiger charge is 2.18. The molecule has 0 saturated heterocycles. The van der Waals surface area contributed by atoms with Gasteiger partial charge < -0.3 is 14.0 Å². The van der Waals surface area contributed by atoms with Gasteiger partial charge in [0.05, 0.1) is 12.7 Å². The van der Waals surface area contributed by atoms with Gasteiger partial charge in [0.15, 0.2) is 0 Å². The third-order valence-electron chi connectivity index (χ3n) is 2.35. The lowest BCUT2D eigenvalue weighted by Gasteiger charge is -2.07. The Morgan fingerprint density at radius 2 is 2.25 bits per heavy atom. The van der Waals surface area contributed by atoms with Crippen LogP contribution in [0.1, 0.15) is 29.4 Å². The summed E-state index contributed by atoms with van der Waals surface area (Å²) in [6.45, 7) is 4.83. The number of methoxy groups -OCH3 is 1. The monoisotopic (exact) mass is 225 g/mol. The maximum absolute atomic E-state index is 11.4. The molecule has 0 fully saturated rings. The molecule has 0 aliphatic heterocycles. The van der Waals surface area contributed by atoms with E-state index in [1.54, 1.807) is 11.5 Å². The minimum atomic E-state index is -0.428. The molecule has 1 aromatic rings. The lowest BCUT2D eigenvalue weighted by Crippen LogP contribution is -2.06. The van der Waals surface area contributed by atoms with Crippen LogP contribution >= 0.6 is 0 Å². The number of carbonyl (C=O) groups is 2. The smallest absolute Gasteiger partial charge is 0.339 e. The normalized spacial score (nSPS) is 9.94. The number of hydrogen-bond acceptors (Lipinski definition) is 4. The van der Waals surface area contributed by atoms with Crippen LogP contribution < -0.4 is 4.74 Å². The minimum absolute atomic E-state index is 0.349. The van der Waals surface area contributed by atoms with Crippen molar-refractivity contribution in [1.29, 1.82) is 0 Å². The van der Waals surface area contributed by atoms with Gasteiger partial charge in [-0.15, -0.1) is 0 Å². The molecule has 0 aliphatic carbocycles. The van der Waals surface area contributed by atoms with Crippen molar-refractivity contribution in [3.63, 3.8) is 0 Å². The number of aromatic nitrogens is 1. The van der Waals surface area contributed by atoms with Crippen LogP contribution in [0.15, 0.2) is 6.07 Å². The predicted octanol–water partition coefficient (Wildman–Crippen LogP) is 1.53. The Labute approximate surface area is 94.0 Å². The first-order valence-corrected chi connectivity index (χ1v) is 5.04. The molecule has 0 bridgehead atoms. The Hall–Kier alpha value is -1.78. The van der Waals surface area contributed by atoms with Gasteiger partial charge in [-0.05, 0) is 13.3 Å². The summed E-state index contributed by atoms with van der Waals surface area (Å²) < 4.78 is 11.2. The summed E-state index contributed by atoms with van der Waals surface area (Å²) in [6, 6.07) is 1.52. The highest BCUT2D eigenvalue weighted by Crippen LogP contribution is 2.23. The van der Waals surface area contributed by atoms with E-state index in [0.717, 1.165) is 12.1 Å². The quantitative estimate of drug-likeness (QED) is 0.563. The number of carbonyl (C=O) groups excluding carboxylic acids is 2. The van der Waals surface area contributed by atoms with Crippen molar-refractivity contribution in [1.82, 2.24) is 4.57 Å². The third kappa shape index (κ3) is 2.24. The first-order valence-electron chi connectivity index (χ1n) is 5.04. The van der Waals surface area contributed by atoms with Gasteiger partial charge >= 0.3 is 5.97 Å². The van der Waals surface area contributed by atoms with Crippen LogP contribution in [-0.4, -0.2) is 24.1 Å². The van der Waals surface area contributed by atoms with Crippen LogP contribution in [0.4, 0.5) is 0 Å². The maximum Gasteiger partial charge on any atom is 0.339 e. The Balaban J connectivity index is 3.17. The average molecular weight is 225 g/mol. The summed E-state index contributed by atoms with van der Waals surface area (Å²) in [4.78, 5) is 21.8. The van der Waals surface area contributed by atoms with Crippen LogP contribution in [0.25, 0.3) is 0 Å². The van der Waals surface area contributed by atoms with Gasteiger partial charge in [-0.25, -0.2) is 4.79 Å². The lowest BCUT2D eigenvalue weighted by molar-refractivity contribution is -0.121. The van der Waals surface area contributed by atoms with Gasteiger partial charge in [0.2, 0.25) is 5.88 Å². The fourth-order valence-corrected chi connectivity index (χ4v) is 1.58. The van der Waals surface area contributed by atoms with Crippen molar-refractivity contribution in [3.05, 3.63) is 17.3 Å². The first-order chi connectivity index (χ1) is 7.65. The molecule has 0 aromatic carbocycles. The topological polar surface area (TPSA) is 57.5 Å². The molecule has 0 atom stereocenters. The van der Waals surface area contributed by atoms with Gasteiger partial charge in [0.1, 0.15) is 0 Å². The maximum atomic E-state index is 11.4. The van der Waals surface area contributed by atoms with Crippen molar-refractivity contribution < 1.29 is 19.1 Å². The zero-order chi connectivity index (χ0) is 12.1. The van der Waals surface area contributed by atoms with Gasteiger partial charge in [-0.2, -0.15) is 0 Å². The number of esters is 1. The van der Waals surface area contributed by atoms with Gasteiger partial charge in [0.25, 0.3) is 6.47 Å². The number of nitrogens with zero attached hydrogens (tertiary/aromatic N) is 1.